The van der Waals surface area contributed by atoms with Crippen LogP contribution in [0.3, 0.4) is 0 Å². The number of nitrogens with two attached hydrogens (primary N) is 1. The first-order chi connectivity index (χ1) is 9.67. The van der Waals surface area contributed by atoms with Crippen LogP contribution in [-0.4, -0.2) is 16.9 Å². The minimum absolute atomic E-state index is 0.528. The highest BCUT2D eigenvalue weighted by Crippen LogP contribution is 2.27. The van der Waals surface area contributed by atoms with Gasteiger partial charge < -0.3 is 14.9 Å². The maximum Gasteiger partial charge on any atom is 0.169 e. The fourth-order valence-electron chi connectivity index (χ4n) is 1.92. The number of methoxy groups -OCH3 is 1. The molecule has 5 nitrogen and oxygen atoms in total. The summed E-state index contributed by atoms with van der Waals surface area (Å²) >= 11 is 3.27. The molecule has 102 valence electrons. The molecular weight excluding hydrogens is 322 g/mol. The Morgan fingerprint density at radius 1 is 1.25 bits per heavy atom. The van der Waals surface area contributed by atoms with E-state index >= 15 is 0 Å². The molecule has 0 unspecified atom stereocenters. The van der Waals surface area contributed by atoms with Crippen molar-refractivity contribution in [1.29, 1.82) is 0 Å². The van der Waals surface area contributed by atoms with Gasteiger partial charge in [-0.05, 0) is 40.2 Å². The first-order valence-electron chi connectivity index (χ1n) is 5.93. The number of aromatic nitrogens is 2. The maximum atomic E-state index is 6.02. The maximum absolute atomic E-state index is 6.02. The van der Waals surface area contributed by atoms with Crippen molar-refractivity contribution in [3.63, 3.8) is 0 Å². The van der Waals surface area contributed by atoms with Crippen molar-refractivity contribution in [1.82, 2.24) is 9.78 Å². The van der Waals surface area contributed by atoms with Crippen molar-refractivity contribution in [2.45, 2.75) is 0 Å². The van der Waals surface area contributed by atoms with Crippen LogP contribution < -0.4 is 10.5 Å². The second-order valence-electron chi connectivity index (χ2n) is 4.17. The zero-order valence-corrected chi connectivity index (χ0v) is 12.3. The molecule has 20 heavy (non-hydrogen) atoms. The smallest absolute Gasteiger partial charge is 0.169 e. The minimum Gasteiger partial charge on any atom is -0.497 e. The summed E-state index contributed by atoms with van der Waals surface area (Å²) in [5.74, 6) is 1.94. The fraction of sp³-hybridized carbons (Fsp3) is 0.0714. The number of hydrogen-bond donors (Lipinski definition) is 1. The Balaban J connectivity index is 2.04. The van der Waals surface area contributed by atoms with E-state index in [2.05, 4.69) is 21.0 Å². The average Bonchev–Trinajstić information content (AvgIpc) is 3.05. The monoisotopic (exact) mass is 333 g/mol. The van der Waals surface area contributed by atoms with Gasteiger partial charge in [-0.25, -0.2) is 4.68 Å². The van der Waals surface area contributed by atoms with Gasteiger partial charge in [-0.1, -0.05) is 6.07 Å². The van der Waals surface area contributed by atoms with Crippen LogP contribution in [-0.2, 0) is 0 Å². The fourth-order valence-corrected chi connectivity index (χ4v) is 2.22. The number of hydrogen-bond acceptors (Lipinski definition) is 4. The highest BCUT2D eigenvalue weighted by Gasteiger charge is 2.12. The van der Waals surface area contributed by atoms with Gasteiger partial charge >= 0.3 is 0 Å². The van der Waals surface area contributed by atoms with Gasteiger partial charge in [0.25, 0.3) is 0 Å². The summed E-state index contributed by atoms with van der Waals surface area (Å²) in [5, 5.41) is 4.46. The molecule has 0 aliphatic carbocycles. The van der Waals surface area contributed by atoms with E-state index in [1.165, 1.54) is 0 Å². The molecule has 2 N–H and O–H groups in total. The predicted octanol–water partition coefficient (Wildman–Crippen LogP) is 3.49. The van der Waals surface area contributed by atoms with Crippen LogP contribution in [0, 0.1) is 0 Å². The standard InChI is InChI=1S/C14H12BrN3O2/c1-19-10-4-2-3-9(7-10)18-14(16)8-11(17-18)12-5-6-13(15)20-12/h2-8H,16H2,1H3. The summed E-state index contributed by atoms with van der Waals surface area (Å²) in [5.41, 5.74) is 7.52. The molecule has 3 rings (SSSR count). The van der Waals surface area contributed by atoms with E-state index in [0.717, 1.165) is 11.4 Å². The van der Waals surface area contributed by atoms with Crippen LogP contribution in [0.25, 0.3) is 17.1 Å². The van der Waals surface area contributed by atoms with Gasteiger partial charge in [0.1, 0.15) is 17.3 Å². The molecule has 0 aliphatic heterocycles. The first kappa shape index (κ1) is 12.8. The quantitative estimate of drug-likeness (QED) is 0.796. The van der Waals surface area contributed by atoms with Crippen LogP contribution >= 0.6 is 15.9 Å². The summed E-state index contributed by atoms with van der Waals surface area (Å²) in [6.45, 7) is 0. The number of furan rings is 1. The van der Waals surface area contributed by atoms with Crippen LogP contribution in [0.5, 0.6) is 5.75 Å². The van der Waals surface area contributed by atoms with Crippen molar-refractivity contribution in [3.05, 3.63) is 47.1 Å². The van der Waals surface area contributed by atoms with Crippen molar-refractivity contribution >= 4 is 21.7 Å². The lowest BCUT2D eigenvalue weighted by Crippen LogP contribution is -2.01. The van der Waals surface area contributed by atoms with E-state index in [9.17, 15) is 0 Å². The van der Waals surface area contributed by atoms with Gasteiger partial charge in [-0.3, -0.25) is 0 Å². The van der Waals surface area contributed by atoms with Crippen LogP contribution in [0.15, 0.2) is 51.6 Å². The first-order valence-corrected chi connectivity index (χ1v) is 6.72. The summed E-state index contributed by atoms with van der Waals surface area (Å²) in [7, 11) is 1.62. The van der Waals surface area contributed by atoms with E-state index in [1.807, 2.05) is 36.4 Å². The Morgan fingerprint density at radius 2 is 2.10 bits per heavy atom. The number of ether oxygens (including phenoxy) is 1. The number of anilines is 1. The summed E-state index contributed by atoms with van der Waals surface area (Å²) < 4.78 is 13.0. The highest BCUT2D eigenvalue weighted by atomic mass is 79.9. The molecule has 0 amide bonds. The van der Waals surface area contributed by atoms with Gasteiger partial charge in [0.2, 0.25) is 0 Å². The third-order valence-electron chi connectivity index (χ3n) is 2.86. The van der Waals surface area contributed by atoms with Crippen LogP contribution in [0.4, 0.5) is 5.82 Å². The molecule has 0 saturated carbocycles. The molecular formula is C14H12BrN3O2. The van der Waals surface area contributed by atoms with E-state index < -0.39 is 0 Å². The zero-order chi connectivity index (χ0) is 14.1. The molecule has 0 bridgehead atoms. The molecule has 1 aromatic carbocycles. The lowest BCUT2D eigenvalue weighted by Gasteiger charge is -2.05. The third-order valence-corrected chi connectivity index (χ3v) is 3.29. The van der Waals surface area contributed by atoms with Crippen LogP contribution in [0.1, 0.15) is 0 Å². The number of nitrogens with zero attached hydrogens (tertiary/aromatic N) is 2. The SMILES string of the molecule is COc1cccc(-n2nc(-c3ccc(Br)o3)cc2N)c1. The Hall–Kier alpha value is -2.21. The van der Waals surface area contributed by atoms with Gasteiger partial charge in [0, 0.05) is 12.1 Å². The molecule has 0 spiro atoms. The summed E-state index contributed by atoms with van der Waals surface area (Å²) in [6.07, 6.45) is 0. The average molecular weight is 334 g/mol. The molecule has 6 heteroatoms. The van der Waals surface area contributed by atoms with Gasteiger partial charge in [0.05, 0.1) is 12.8 Å². The number of rotatable bonds is 3. The molecule has 2 heterocycles. The molecule has 2 aromatic heterocycles. The second kappa shape index (κ2) is 5.05. The Bertz CT molecular complexity index is 748. The zero-order valence-electron chi connectivity index (χ0n) is 10.7. The Labute approximate surface area is 124 Å². The van der Waals surface area contributed by atoms with Crippen molar-refractivity contribution in [2.75, 3.05) is 12.8 Å². The van der Waals surface area contributed by atoms with Gasteiger partial charge in [-0.2, -0.15) is 5.10 Å². The van der Waals surface area contributed by atoms with Crippen LogP contribution in [0.2, 0.25) is 0 Å². The lowest BCUT2D eigenvalue weighted by molar-refractivity contribution is 0.414. The molecule has 0 fully saturated rings. The topological polar surface area (TPSA) is 66.2 Å². The third kappa shape index (κ3) is 2.30. The minimum atomic E-state index is 0.528. The van der Waals surface area contributed by atoms with Gasteiger partial charge in [-0.15, -0.1) is 0 Å². The largest absolute Gasteiger partial charge is 0.497 e. The Kier molecular flexibility index (Phi) is 3.23. The van der Waals surface area contributed by atoms with Crippen molar-refractivity contribution in [3.8, 4) is 22.9 Å². The molecule has 0 atom stereocenters. The van der Waals surface area contributed by atoms with E-state index in [1.54, 1.807) is 17.9 Å². The predicted molar refractivity (Wildman–Crippen MR) is 79.9 cm³/mol. The normalized spacial score (nSPS) is 10.7. The number of benzene rings is 1. The number of nitrogen functional groups attached to an aromatic ring is 1. The molecule has 0 radical (unpaired) electrons. The Morgan fingerprint density at radius 3 is 2.80 bits per heavy atom. The van der Waals surface area contributed by atoms with E-state index in [-0.39, 0.29) is 0 Å². The molecule has 0 aliphatic rings. The molecule has 0 saturated heterocycles. The molecule has 3 aromatic rings. The highest BCUT2D eigenvalue weighted by molar-refractivity contribution is 9.10. The van der Waals surface area contributed by atoms with Crippen molar-refractivity contribution < 1.29 is 9.15 Å². The second-order valence-corrected chi connectivity index (χ2v) is 4.95. The number of halogens is 1. The van der Waals surface area contributed by atoms with Gasteiger partial charge in [0.15, 0.2) is 10.4 Å². The van der Waals surface area contributed by atoms with Crippen molar-refractivity contribution in [2.24, 2.45) is 0 Å². The van der Waals surface area contributed by atoms with E-state index in [0.29, 0.717) is 21.9 Å². The van der Waals surface area contributed by atoms with E-state index in [4.69, 9.17) is 14.9 Å². The summed E-state index contributed by atoms with van der Waals surface area (Å²) in [4.78, 5) is 0. The lowest BCUT2D eigenvalue weighted by atomic mass is 10.3. The summed E-state index contributed by atoms with van der Waals surface area (Å²) in [6, 6.07) is 13.0.